The summed E-state index contributed by atoms with van der Waals surface area (Å²) in [5.74, 6) is -0.266. The molecule has 1 aromatic heterocycles. The number of hydrogen-bond acceptors (Lipinski definition) is 5. The van der Waals surface area contributed by atoms with Crippen LogP contribution in [0.2, 0.25) is 0 Å². The number of ether oxygens (including phenoxy) is 1. The van der Waals surface area contributed by atoms with Gasteiger partial charge in [-0.2, -0.15) is 13.2 Å². The van der Waals surface area contributed by atoms with Crippen molar-refractivity contribution in [1.29, 1.82) is 0 Å². The fourth-order valence-corrected chi connectivity index (χ4v) is 3.29. The number of alkyl halides is 3. The quantitative estimate of drug-likeness (QED) is 0.641. The Bertz CT molecular complexity index is 1150. The van der Waals surface area contributed by atoms with Gasteiger partial charge in [0, 0.05) is 12.7 Å². The van der Waals surface area contributed by atoms with Crippen LogP contribution in [0.3, 0.4) is 0 Å². The number of aromatic nitrogens is 2. The van der Waals surface area contributed by atoms with E-state index in [1.54, 1.807) is 31.0 Å². The van der Waals surface area contributed by atoms with E-state index >= 15 is 0 Å². The minimum atomic E-state index is -4.62. The molecule has 30 heavy (non-hydrogen) atoms. The van der Waals surface area contributed by atoms with Crippen LogP contribution >= 0.6 is 0 Å². The summed E-state index contributed by atoms with van der Waals surface area (Å²) in [5, 5.41) is 0.0879. The summed E-state index contributed by atoms with van der Waals surface area (Å²) < 4.78 is 46.1. The largest absolute Gasteiger partial charge is 0.465 e. The third-order valence-electron chi connectivity index (χ3n) is 5.03. The Kier molecular flexibility index (Phi) is 5.56. The predicted molar refractivity (Wildman–Crippen MR) is 107 cm³/mol. The predicted octanol–water partition coefficient (Wildman–Crippen LogP) is 4.23. The maximum Gasteiger partial charge on any atom is 0.416 e. The molecule has 0 amide bonds. The highest BCUT2D eigenvalue weighted by Gasteiger charge is 2.36. The molecular weight excluding hydrogens is 399 g/mol. The molecular formula is C21H20F3N3O3. The fourth-order valence-electron chi connectivity index (χ4n) is 3.29. The first-order valence-corrected chi connectivity index (χ1v) is 9.06. The number of benzene rings is 2. The molecule has 0 saturated carbocycles. The molecule has 3 rings (SSSR count). The lowest BCUT2D eigenvalue weighted by Crippen LogP contribution is -2.25. The zero-order valence-electron chi connectivity index (χ0n) is 16.8. The minimum absolute atomic E-state index is 0.00962. The minimum Gasteiger partial charge on any atom is -0.465 e. The van der Waals surface area contributed by atoms with Crippen LogP contribution in [0.1, 0.15) is 40.3 Å². The van der Waals surface area contributed by atoms with E-state index in [-0.39, 0.29) is 22.3 Å². The lowest BCUT2D eigenvalue weighted by Gasteiger charge is -2.29. The zero-order chi connectivity index (χ0) is 22.2. The van der Waals surface area contributed by atoms with Crippen molar-refractivity contribution < 1.29 is 22.7 Å². The summed E-state index contributed by atoms with van der Waals surface area (Å²) in [7, 11) is 2.90. The number of aromatic amines is 1. The van der Waals surface area contributed by atoms with Gasteiger partial charge in [0.1, 0.15) is 5.82 Å². The van der Waals surface area contributed by atoms with Crippen molar-refractivity contribution in [3.05, 3.63) is 69.3 Å². The first-order chi connectivity index (χ1) is 14.0. The van der Waals surface area contributed by atoms with Crippen molar-refractivity contribution in [2.24, 2.45) is 0 Å². The van der Waals surface area contributed by atoms with E-state index in [0.717, 1.165) is 6.07 Å². The second-order valence-corrected chi connectivity index (χ2v) is 6.93. The molecule has 2 aromatic carbocycles. The van der Waals surface area contributed by atoms with Gasteiger partial charge in [-0.3, -0.25) is 4.79 Å². The van der Waals surface area contributed by atoms with E-state index in [1.807, 2.05) is 0 Å². The standard InChI is InChI=1S/C21H20F3N3O3/c1-11(27(3)14-7-5-13(6-8-14)20(29)30-4)15-9-16-18(10-17(15)21(22,23)24)25-12(2)26-19(16)28/h5-11H,1-4H3,(H,25,26,28)/t11-/m1/s1. The van der Waals surface area contributed by atoms with Gasteiger partial charge in [0.05, 0.1) is 35.2 Å². The van der Waals surface area contributed by atoms with E-state index in [9.17, 15) is 22.8 Å². The SMILES string of the molecule is COC(=O)c1ccc(N(C)[C@H](C)c2cc3c(=O)[nH]c(C)nc3cc2C(F)(F)F)cc1. The molecule has 0 fully saturated rings. The lowest BCUT2D eigenvalue weighted by atomic mass is 9.97. The summed E-state index contributed by atoms with van der Waals surface area (Å²) in [6, 6.07) is 7.74. The van der Waals surface area contributed by atoms with E-state index in [4.69, 9.17) is 0 Å². The number of carbonyl (C=O) groups is 1. The molecule has 1 atom stereocenters. The van der Waals surface area contributed by atoms with E-state index in [1.165, 1.54) is 32.2 Å². The molecule has 6 nitrogen and oxygen atoms in total. The van der Waals surface area contributed by atoms with Gasteiger partial charge in [0.2, 0.25) is 0 Å². The topological polar surface area (TPSA) is 75.3 Å². The molecule has 0 bridgehead atoms. The van der Waals surface area contributed by atoms with Gasteiger partial charge in [-0.15, -0.1) is 0 Å². The molecule has 9 heteroatoms. The van der Waals surface area contributed by atoms with Gasteiger partial charge in [0.15, 0.2) is 0 Å². The fraction of sp³-hybridized carbons (Fsp3) is 0.286. The Morgan fingerprint density at radius 1 is 1.20 bits per heavy atom. The molecule has 0 aliphatic heterocycles. The number of nitrogens with zero attached hydrogens (tertiary/aromatic N) is 2. The number of carbonyl (C=O) groups excluding carboxylic acids is 1. The second-order valence-electron chi connectivity index (χ2n) is 6.93. The van der Waals surface area contributed by atoms with Gasteiger partial charge in [-0.25, -0.2) is 9.78 Å². The summed E-state index contributed by atoms with van der Waals surface area (Å²) >= 11 is 0. The van der Waals surface area contributed by atoms with E-state index in [2.05, 4.69) is 14.7 Å². The Hall–Kier alpha value is -3.36. The zero-order valence-corrected chi connectivity index (χ0v) is 16.8. The molecule has 0 saturated heterocycles. The average Bonchev–Trinajstić information content (AvgIpc) is 2.70. The van der Waals surface area contributed by atoms with E-state index < -0.39 is 29.3 Å². The number of hydrogen-bond donors (Lipinski definition) is 1. The Morgan fingerprint density at radius 2 is 1.83 bits per heavy atom. The number of anilines is 1. The molecule has 1 heterocycles. The molecule has 158 valence electrons. The van der Waals surface area contributed by atoms with Crippen molar-refractivity contribution >= 4 is 22.6 Å². The summed E-state index contributed by atoms with van der Waals surface area (Å²) in [6.45, 7) is 3.12. The van der Waals surface area contributed by atoms with Crippen LogP contribution in [0, 0.1) is 6.92 Å². The molecule has 0 aliphatic rings. The van der Waals surface area contributed by atoms with Gasteiger partial charge < -0.3 is 14.6 Å². The molecule has 0 radical (unpaired) electrons. The smallest absolute Gasteiger partial charge is 0.416 e. The number of H-pyrrole nitrogens is 1. The second kappa shape index (κ2) is 7.81. The highest BCUT2D eigenvalue weighted by Crippen LogP contribution is 2.38. The summed E-state index contributed by atoms with van der Waals surface area (Å²) in [6.07, 6.45) is -4.62. The summed E-state index contributed by atoms with van der Waals surface area (Å²) in [5.41, 5.74) is -0.477. The normalized spacial score (nSPS) is 12.6. The van der Waals surface area contributed by atoms with Gasteiger partial charge in [0.25, 0.3) is 5.56 Å². The number of rotatable bonds is 4. The number of aryl methyl sites for hydroxylation is 1. The van der Waals surface area contributed by atoms with Crippen LogP contribution in [0.4, 0.5) is 18.9 Å². The van der Waals surface area contributed by atoms with Gasteiger partial charge in [-0.1, -0.05) is 0 Å². The Labute approximate surface area is 170 Å². The van der Waals surface area contributed by atoms with Crippen molar-refractivity contribution in [2.45, 2.75) is 26.1 Å². The van der Waals surface area contributed by atoms with Crippen molar-refractivity contribution in [1.82, 2.24) is 9.97 Å². The third kappa shape index (κ3) is 4.00. The van der Waals surface area contributed by atoms with Gasteiger partial charge >= 0.3 is 12.1 Å². The van der Waals surface area contributed by atoms with Crippen molar-refractivity contribution in [3.63, 3.8) is 0 Å². The number of nitrogens with one attached hydrogen (secondary N) is 1. The van der Waals surface area contributed by atoms with Crippen molar-refractivity contribution in [2.75, 3.05) is 19.1 Å². The number of fused-ring (bicyclic) bond motifs is 1. The van der Waals surface area contributed by atoms with Crippen molar-refractivity contribution in [3.8, 4) is 0 Å². The number of halogens is 3. The Morgan fingerprint density at radius 3 is 2.40 bits per heavy atom. The van der Waals surface area contributed by atoms with Gasteiger partial charge in [-0.05, 0) is 55.8 Å². The van der Waals surface area contributed by atoms with Crippen LogP contribution in [-0.2, 0) is 10.9 Å². The first-order valence-electron chi connectivity index (χ1n) is 9.06. The number of esters is 1. The van der Waals surface area contributed by atoms with Crippen LogP contribution < -0.4 is 10.5 Å². The first kappa shape index (κ1) is 21.4. The van der Waals surface area contributed by atoms with E-state index in [0.29, 0.717) is 11.3 Å². The highest BCUT2D eigenvalue weighted by atomic mass is 19.4. The molecule has 1 N–H and O–H groups in total. The van der Waals surface area contributed by atoms with Crippen LogP contribution in [0.5, 0.6) is 0 Å². The van der Waals surface area contributed by atoms with Crippen LogP contribution in [0.25, 0.3) is 10.9 Å². The molecule has 0 unspecified atom stereocenters. The average molecular weight is 419 g/mol. The van der Waals surface area contributed by atoms with Crippen LogP contribution in [0.15, 0.2) is 41.2 Å². The molecule has 0 aliphatic carbocycles. The monoisotopic (exact) mass is 419 g/mol. The highest BCUT2D eigenvalue weighted by molar-refractivity contribution is 5.89. The molecule has 0 spiro atoms. The lowest BCUT2D eigenvalue weighted by molar-refractivity contribution is -0.138. The maximum absolute atomic E-state index is 13.8. The summed E-state index contributed by atoms with van der Waals surface area (Å²) in [4.78, 5) is 32.0. The Balaban J connectivity index is 2.09. The maximum atomic E-state index is 13.8. The van der Waals surface area contributed by atoms with Crippen LogP contribution in [-0.4, -0.2) is 30.1 Å². The third-order valence-corrected chi connectivity index (χ3v) is 5.03. The molecule has 3 aromatic rings. The number of methoxy groups -OCH3 is 1.